The maximum absolute atomic E-state index is 2.62. The van der Waals surface area contributed by atoms with Gasteiger partial charge in [0.25, 0.3) is 0 Å². The first-order chi connectivity index (χ1) is 46.9. The number of benzene rings is 11. The highest BCUT2D eigenvalue weighted by molar-refractivity contribution is 5.87. The fourth-order valence-corrected chi connectivity index (χ4v) is 14.6. The lowest BCUT2D eigenvalue weighted by Gasteiger charge is -2.29. The number of hydrogen-bond donors (Lipinski definition) is 0. The van der Waals surface area contributed by atoms with Crippen LogP contribution in [0.2, 0.25) is 0 Å². The van der Waals surface area contributed by atoms with Crippen LogP contribution in [-0.4, -0.2) is 0 Å². The smallest absolute Gasteiger partial charge is 0.0464 e. The van der Waals surface area contributed by atoms with Crippen LogP contribution in [0.25, 0.3) is 66.8 Å². The van der Waals surface area contributed by atoms with Crippen molar-refractivity contribution in [3.63, 3.8) is 0 Å². The van der Waals surface area contributed by atoms with Crippen molar-refractivity contribution in [2.45, 2.75) is 184 Å². The Morgan fingerprint density at radius 2 is 0.583 bits per heavy atom. The van der Waals surface area contributed by atoms with Crippen molar-refractivity contribution in [2.75, 3.05) is 9.80 Å². The van der Waals surface area contributed by atoms with E-state index in [4.69, 9.17) is 0 Å². The molecule has 0 spiro atoms. The highest BCUT2D eigenvalue weighted by Crippen LogP contribution is 2.45. The topological polar surface area (TPSA) is 6.48 Å². The Morgan fingerprint density at radius 3 is 0.885 bits per heavy atom. The molecule has 0 aliphatic carbocycles. The number of unbranched alkanes of at least 4 members (excludes halogenated alkanes) is 6. The van der Waals surface area contributed by atoms with Crippen LogP contribution in [0.4, 0.5) is 34.1 Å². The predicted molar refractivity (Wildman–Crippen MR) is 419 cm³/mol. The third-order valence-corrected chi connectivity index (χ3v) is 20.5. The Labute approximate surface area is 578 Å². The molecule has 0 heterocycles. The SMILES string of the molecule is CCCCCCc1cc(-c2ccc(N(c3ccc(-c4ccc(CCC)cc4)cc3)c3ccc(-c4ccc(C(C)(CC)CCC)cc4)cc3)cc2C)c(CCCCCC)cc1-c1ccc(N(c2ccc(-c3ccc(C)cc3)cc2)c2ccc(-c3ccc(CCC)cc3)cc2)cc1C. The van der Waals surface area contributed by atoms with Gasteiger partial charge in [0.15, 0.2) is 0 Å². The van der Waals surface area contributed by atoms with Gasteiger partial charge in [0, 0.05) is 34.1 Å². The summed E-state index contributed by atoms with van der Waals surface area (Å²) in [5, 5.41) is 0. The third kappa shape index (κ3) is 16.3. The van der Waals surface area contributed by atoms with Gasteiger partial charge in [-0.1, -0.05) is 282 Å². The van der Waals surface area contributed by atoms with Crippen molar-refractivity contribution in [1.29, 1.82) is 0 Å². The molecule has 11 aromatic carbocycles. The van der Waals surface area contributed by atoms with Crippen LogP contribution < -0.4 is 9.80 Å². The van der Waals surface area contributed by atoms with Crippen LogP contribution >= 0.6 is 0 Å². The number of anilines is 6. The molecular weight excluding hydrogens is 1160 g/mol. The summed E-state index contributed by atoms with van der Waals surface area (Å²) in [4.78, 5) is 4.90. The van der Waals surface area contributed by atoms with Gasteiger partial charge >= 0.3 is 0 Å². The molecule has 0 aromatic heterocycles. The summed E-state index contributed by atoms with van der Waals surface area (Å²) in [5.41, 5.74) is 33.2. The molecule has 2 heteroatoms. The van der Waals surface area contributed by atoms with E-state index in [9.17, 15) is 0 Å². The van der Waals surface area contributed by atoms with Crippen molar-refractivity contribution < 1.29 is 0 Å². The minimum absolute atomic E-state index is 0.196. The van der Waals surface area contributed by atoms with Gasteiger partial charge in [-0.15, -0.1) is 0 Å². The molecule has 2 nitrogen and oxygen atoms in total. The molecule has 0 aliphatic rings. The van der Waals surface area contributed by atoms with Crippen LogP contribution in [0.15, 0.2) is 243 Å². The molecule has 0 N–H and O–H groups in total. The van der Waals surface area contributed by atoms with Gasteiger partial charge in [0.05, 0.1) is 0 Å². The quantitative estimate of drug-likeness (QED) is 0.0414. The first-order valence-electron chi connectivity index (χ1n) is 36.7. The average molecular weight is 1260 g/mol. The number of hydrogen-bond acceptors (Lipinski definition) is 2. The van der Waals surface area contributed by atoms with Crippen LogP contribution in [0, 0.1) is 20.8 Å². The van der Waals surface area contributed by atoms with Crippen LogP contribution in [-0.2, 0) is 31.1 Å². The Kier molecular flexibility index (Phi) is 23.3. The normalized spacial score (nSPS) is 12.0. The molecule has 0 fully saturated rings. The Balaban J connectivity index is 0.973. The zero-order valence-electron chi connectivity index (χ0n) is 59.5. The number of nitrogens with zero attached hydrogens (tertiary/aromatic N) is 2. The van der Waals surface area contributed by atoms with Gasteiger partial charge in [0.1, 0.15) is 0 Å². The van der Waals surface area contributed by atoms with E-state index in [2.05, 4.69) is 322 Å². The van der Waals surface area contributed by atoms with Gasteiger partial charge in [-0.2, -0.15) is 0 Å². The van der Waals surface area contributed by atoms with E-state index in [1.54, 1.807) is 0 Å². The highest BCUT2D eigenvalue weighted by atomic mass is 15.1. The Morgan fingerprint density at radius 1 is 0.271 bits per heavy atom. The number of rotatable bonds is 30. The fourth-order valence-electron chi connectivity index (χ4n) is 14.6. The lowest BCUT2D eigenvalue weighted by molar-refractivity contribution is 0.414. The average Bonchev–Trinajstić information content (AvgIpc) is 0.774. The van der Waals surface area contributed by atoms with E-state index in [0.717, 1.165) is 91.9 Å². The molecule has 1 atom stereocenters. The summed E-state index contributed by atoms with van der Waals surface area (Å²) in [7, 11) is 0. The van der Waals surface area contributed by atoms with Gasteiger partial charge in [-0.25, -0.2) is 0 Å². The van der Waals surface area contributed by atoms with Gasteiger partial charge < -0.3 is 9.80 Å². The van der Waals surface area contributed by atoms with Crippen molar-refractivity contribution in [3.8, 4) is 66.8 Å². The summed E-state index contributed by atoms with van der Waals surface area (Å²) in [6.07, 6.45) is 19.8. The Bertz CT molecular complexity index is 4250. The van der Waals surface area contributed by atoms with E-state index in [1.165, 1.54) is 163 Å². The Hall–Kier alpha value is -8.98. The molecule has 0 radical (unpaired) electrons. The molecule has 96 heavy (non-hydrogen) atoms. The second-order valence-electron chi connectivity index (χ2n) is 27.6. The van der Waals surface area contributed by atoms with E-state index >= 15 is 0 Å². The first-order valence-corrected chi connectivity index (χ1v) is 36.7. The summed E-state index contributed by atoms with van der Waals surface area (Å²) in [5.74, 6) is 0. The van der Waals surface area contributed by atoms with Gasteiger partial charge in [-0.05, 0) is 256 Å². The van der Waals surface area contributed by atoms with E-state index < -0.39 is 0 Å². The standard InChI is InChI=1S/C94H104N2/c1-11-17-19-21-25-81-67-93(91-62-60-89(65-70(91)9)96(86-55-45-79(46-56-86)75-37-31-72(24-14-4)32-38-75)87-57-47-80(48-58-87)76-39-49-83(50-40-76)94(10,16-6)63-15-5)82(26-22-20-18-12-2)66-92(81)90-61-59-88(64-69(90)8)95(84-51-41-77(42-52-84)73-33-27-68(7)28-34-73)85-53-43-78(44-54-85)74-35-29-71(23-13-3)30-36-74/h27-62,64-67H,11-26,63H2,1-10H3. The van der Waals surface area contributed by atoms with Crippen molar-refractivity contribution in [2.24, 2.45) is 0 Å². The molecule has 0 bridgehead atoms. The molecular formula is C94H104N2. The molecule has 0 saturated heterocycles. The summed E-state index contributed by atoms with van der Waals surface area (Å²) in [6, 6.07) is 93.1. The predicted octanol–water partition coefficient (Wildman–Crippen LogP) is 28.2. The molecule has 490 valence electrons. The second kappa shape index (κ2) is 32.6. The third-order valence-electron chi connectivity index (χ3n) is 20.5. The highest BCUT2D eigenvalue weighted by Gasteiger charge is 2.25. The minimum atomic E-state index is 0.196. The van der Waals surface area contributed by atoms with Crippen molar-refractivity contribution in [1.82, 2.24) is 0 Å². The van der Waals surface area contributed by atoms with Crippen LogP contribution in [0.1, 0.15) is 176 Å². The molecule has 11 rings (SSSR count). The monoisotopic (exact) mass is 1260 g/mol. The first kappa shape index (κ1) is 68.4. The molecule has 1 unspecified atom stereocenters. The molecule has 11 aromatic rings. The lowest BCUT2D eigenvalue weighted by atomic mass is 9.76. The van der Waals surface area contributed by atoms with Crippen LogP contribution in [0.3, 0.4) is 0 Å². The molecule has 0 aliphatic heterocycles. The second-order valence-corrected chi connectivity index (χ2v) is 27.6. The van der Waals surface area contributed by atoms with Gasteiger partial charge in [0.2, 0.25) is 0 Å². The zero-order chi connectivity index (χ0) is 67.0. The van der Waals surface area contributed by atoms with Crippen LogP contribution in [0.5, 0.6) is 0 Å². The largest absolute Gasteiger partial charge is 0.310 e. The lowest BCUT2D eigenvalue weighted by Crippen LogP contribution is -2.20. The summed E-state index contributed by atoms with van der Waals surface area (Å²) in [6.45, 7) is 23.0. The molecule has 0 amide bonds. The maximum atomic E-state index is 2.62. The fraction of sp³-hybridized carbons (Fsp3) is 0.298. The van der Waals surface area contributed by atoms with Crippen molar-refractivity contribution in [3.05, 3.63) is 287 Å². The van der Waals surface area contributed by atoms with Crippen molar-refractivity contribution >= 4 is 34.1 Å². The summed E-state index contributed by atoms with van der Waals surface area (Å²) < 4.78 is 0. The van der Waals surface area contributed by atoms with E-state index in [-0.39, 0.29) is 5.41 Å². The van der Waals surface area contributed by atoms with Gasteiger partial charge in [-0.3, -0.25) is 0 Å². The number of aryl methyl sites for hydroxylation is 7. The van der Waals surface area contributed by atoms with E-state index in [0.29, 0.717) is 0 Å². The maximum Gasteiger partial charge on any atom is 0.0464 e. The molecule has 0 saturated carbocycles. The minimum Gasteiger partial charge on any atom is -0.310 e. The zero-order valence-corrected chi connectivity index (χ0v) is 59.5. The summed E-state index contributed by atoms with van der Waals surface area (Å²) >= 11 is 0. The van der Waals surface area contributed by atoms with E-state index in [1.807, 2.05) is 0 Å².